The first kappa shape index (κ1) is 12.8. The van der Waals surface area contributed by atoms with Crippen molar-refractivity contribution in [1.82, 2.24) is 4.57 Å². The first-order valence-electron chi connectivity index (χ1n) is 5.08. The van der Waals surface area contributed by atoms with Crippen LogP contribution in [0.4, 0.5) is 0 Å². The van der Waals surface area contributed by atoms with Gasteiger partial charge in [-0.25, -0.2) is 4.79 Å². The Kier molecular flexibility index (Phi) is 4.55. The second kappa shape index (κ2) is 5.70. The molecule has 16 heavy (non-hydrogen) atoms. The standard InChI is InChI=1S/C11H14ClNO3/c1-3-4-5-13-9(12)6-8(7-10(13)14)11(15)16-2/h6-7H,3-5H2,1-2H3. The zero-order chi connectivity index (χ0) is 12.1. The first-order valence-corrected chi connectivity index (χ1v) is 5.46. The van der Waals surface area contributed by atoms with Crippen molar-refractivity contribution in [2.75, 3.05) is 7.11 Å². The number of rotatable bonds is 4. The number of nitrogens with zero attached hydrogens (tertiary/aromatic N) is 1. The van der Waals surface area contributed by atoms with Crippen LogP contribution >= 0.6 is 11.6 Å². The number of ether oxygens (including phenoxy) is 1. The molecule has 1 heterocycles. The van der Waals surface area contributed by atoms with Gasteiger partial charge in [-0.2, -0.15) is 0 Å². The zero-order valence-electron chi connectivity index (χ0n) is 9.33. The molecule has 5 heteroatoms. The molecule has 88 valence electrons. The Bertz CT molecular complexity index is 439. The van der Waals surface area contributed by atoms with Gasteiger partial charge < -0.3 is 4.74 Å². The summed E-state index contributed by atoms with van der Waals surface area (Å²) in [7, 11) is 1.26. The monoisotopic (exact) mass is 243 g/mol. The second-order valence-electron chi connectivity index (χ2n) is 3.40. The van der Waals surface area contributed by atoms with Gasteiger partial charge in [0.2, 0.25) is 0 Å². The maximum absolute atomic E-state index is 11.7. The number of aromatic nitrogens is 1. The minimum atomic E-state index is -0.554. The summed E-state index contributed by atoms with van der Waals surface area (Å²) in [5, 5.41) is 0.265. The Balaban J connectivity index is 3.07. The maximum atomic E-state index is 11.7. The molecule has 0 spiro atoms. The molecule has 0 fully saturated rings. The summed E-state index contributed by atoms with van der Waals surface area (Å²) in [6.07, 6.45) is 1.85. The van der Waals surface area contributed by atoms with E-state index in [0.29, 0.717) is 6.54 Å². The highest BCUT2D eigenvalue weighted by Crippen LogP contribution is 2.10. The SMILES string of the molecule is CCCCn1c(Cl)cc(C(=O)OC)cc1=O. The molecule has 0 aliphatic carbocycles. The Morgan fingerprint density at radius 1 is 1.50 bits per heavy atom. The molecule has 4 nitrogen and oxygen atoms in total. The van der Waals surface area contributed by atoms with Crippen molar-refractivity contribution in [3.05, 3.63) is 33.2 Å². The molecular formula is C11H14ClNO3. The number of carbonyl (C=O) groups excluding carboxylic acids is 1. The molecule has 0 aromatic carbocycles. The molecule has 0 saturated carbocycles. The van der Waals surface area contributed by atoms with Gasteiger partial charge in [-0.05, 0) is 12.5 Å². The van der Waals surface area contributed by atoms with E-state index >= 15 is 0 Å². The van der Waals surface area contributed by atoms with E-state index in [-0.39, 0.29) is 16.3 Å². The summed E-state index contributed by atoms with van der Waals surface area (Å²) in [6, 6.07) is 2.69. The van der Waals surface area contributed by atoms with E-state index in [4.69, 9.17) is 11.6 Å². The van der Waals surface area contributed by atoms with Crippen molar-refractivity contribution >= 4 is 17.6 Å². The van der Waals surface area contributed by atoms with Crippen LogP contribution in [0.15, 0.2) is 16.9 Å². The molecule has 1 rings (SSSR count). The van der Waals surface area contributed by atoms with E-state index in [1.54, 1.807) is 0 Å². The average Bonchev–Trinajstić information content (AvgIpc) is 2.26. The number of halogens is 1. The predicted octanol–water partition coefficient (Wildman–Crippen LogP) is 2.09. The van der Waals surface area contributed by atoms with Crippen LogP contribution < -0.4 is 5.56 Å². The van der Waals surface area contributed by atoms with Crippen molar-refractivity contribution < 1.29 is 9.53 Å². The summed E-state index contributed by atoms with van der Waals surface area (Å²) in [4.78, 5) is 22.9. The summed E-state index contributed by atoms with van der Waals surface area (Å²) in [6.45, 7) is 2.59. The molecule has 0 unspecified atom stereocenters. The molecule has 1 aromatic rings. The van der Waals surface area contributed by atoms with E-state index in [0.717, 1.165) is 12.8 Å². The lowest BCUT2D eigenvalue weighted by molar-refractivity contribution is 0.0600. The lowest BCUT2D eigenvalue weighted by atomic mass is 10.2. The van der Waals surface area contributed by atoms with Gasteiger partial charge in [0.15, 0.2) is 0 Å². The second-order valence-corrected chi connectivity index (χ2v) is 3.79. The number of methoxy groups -OCH3 is 1. The summed E-state index contributed by atoms with van der Waals surface area (Å²) < 4.78 is 5.96. The van der Waals surface area contributed by atoms with Crippen LogP contribution in [0.1, 0.15) is 30.1 Å². The highest BCUT2D eigenvalue weighted by atomic mass is 35.5. The minimum Gasteiger partial charge on any atom is -0.465 e. The average molecular weight is 244 g/mol. The number of hydrogen-bond acceptors (Lipinski definition) is 3. The molecule has 0 atom stereocenters. The zero-order valence-corrected chi connectivity index (χ0v) is 10.1. The molecule has 0 radical (unpaired) electrons. The van der Waals surface area contributed by atoms with Crippen molar-refractivity contribution in [2.24, 2.45) is 0 Å². The van der Waals surface area contributed by atoms with Crippen LogP contribution in [0.25, 0.3) is 0 Å². The van der Waals surface area contributed by atoms with Gasteiger partial charge in [-0.3, -0.25) is 9.36 Å². The molecule has 0 N–H and O–H groups in total. The number of unbranched alkanes of at least 4 members (excludes halogenated alkanes) is 1. The highest BCUT2D eigenvalue weighted by molar-refractivity contribution is 6.29. The topological polar surface area (TPSA) is 48.3 Å². The Morgan fingerprint density at radius 2 is 2.19 bits per heavy atom. The van der Waals surface area contributed by atoms with Crippen LogP contribution in [0.3, 0.4) is 0 Å². The van der Waals surface area contributed by atoms with Gasteiger partial charge in [0.25, 0.3) is 5.56 Å². The Morgan fingerprint density at radius 3 is 2.69 bits per heavy atom. The summed E-state index contributed by atoms with van der Waals surface area (Å²) in [5.74, 6) is -0.554. The van der Waals surface area contributed by atoms with Gasteiger partial charge in [-0.1, -0.05) is 24.9 Å². The fourth-order valence-corrected chi connectivity index (χ4v) is 1.62. The smallest absolute Gasteiger partial charge is 0.338 e. The third-order valence-electron chi connectivity index (χ3n) is 2.23. The van der Waals surface area contributed by atoms with Crippen molar-refractivity contribution in [1.29, 1.82) is 0 Å². The predicted molar refractivity (Wildman–Crippen MR) is 62.0 cm³/mol. The lowest BCUT2D eigenvalue weighted by Gasteiger charge is -2.08. The van der Waals surface area contributed by atoms with Crippen LogP contribution in [0, 0.1) is 0 Å². The fraction of sp³-hybridized carbons (Fsp3) is 0.455. The van der Waals surface area contributed by atoms with E-state index in [1.165, 1.54) is 23.8 Å². The molecule has 1 aromatic heterocycles. The lowest BCUT2D eigenvalue weighted by Crippen LogP contribution is -2.22. The number of carbonyl (C=O) groups is 1. The van der Waals surface area contributed by atoms with Crippen molar-refractivity contribution in [3.63, 3.8) is 0 Å². The maximum Gasteiger partial charge on any atom is 0.338 e. The third kappa shape index (κ3) is 2.85. The molecule has 0 saturated heterocycles. The van der Waals surface area contributed by atoms with Gasteiger partial charge >= 0.3 is 5.97 Å². The molecular weight excluding hydrogens is 230 g/mol. The van der Waals surface area contributed by atoms with Crippen LogP contribution in [0.2, 0.25) is 5.15 Å². The molecule has 0 bridgehead atoms. The third-order valence-corrected chi connectivity index (χ3v) is 2.55. The number of pyridine rings is 1. The first-order chi connectivity index (χ1) is 7.60. The van der Waals surface area contributed by atoms with Gasteiger partial charge in [-0.15, -0.1) is 0 Å². The van der Waals surface area contributed by atoms with E-state index in [2.05, 4.69) is 4.74 Å². The number of esters is 1. The fourth-order valence-electron chi connectivity index (χ4n) is 1.33. The summed E-state index contributed by atoms with van der Waals surface area (Å²) in [5.41, 5.74) is -0.0911. The Hall–Kier alpha value is -1.29. The normalized spacial score (nSPS) is 10.2. The van der Waals surface area contributed by atoms with Gasteiger partial charge in [0.1, 0.15) is 5.15 Å². The molecule has 0 aliphatic heterocycles. The number of hydrogen-bond donors (Lipinski definition) is 0. The van der Waals surface area contributed by atoms with Crippen LogP contribution in [0.5, 0.6) is 0 Å². The van der Waals surface area contributed by atoms with Crippen LogP contribution in [-0.4, -0.2) is 17.6 Å². The molecule has 0 amide bonds. The van der Waals surface area contributed by atoms with Crippen molar-refractivity contribution in [3.8, 4) is 0 Å². The van der Waals surface area contributed by atoms with E-state index in [1.807, 2.05) is 6.92 Å². The van der Waals surface area contributed by atoms with Crippen molar-refractivity contribution in [2.45, 2.75) is 26.3 Å². The highest BCUT2D eigenvalue weighted by Gasteiger charge is 2.10. The molecule has 0 aliphatic rings. The van der Waals surface area contributed by atoms with E-state index < -0.39 is 5.97 Å². The van der Waals surface area contributed by atoms with Gasteiger partial charge in [0, 0.05) is 12.6 Å². The van der Waals surface area contributed by atoms with Crippen LogP contribution in [-0.2, 0) is 11.3 Å². The quantitative estimate of drug-likeness (QED) is 0.601. The van der Waals surface area contributed by atoms with Gasteiger partial charge in [0.05, 0.1) is 12.7 Å². The Labute approximate surface area is 98.8 Å². The summed E-state index contributed by atoms with van der Waals surface area (Å²) >= 11 is 5.93. The van der Waals surface area contributed by atoms with E-state index in [9.17, 15) is 9.59 Å². The largest absolute Gasteiger partial charge is 0.465 e. The minimum absolute atomic E-state index is 0.185.